The van der Waals surface area contributed by atoms with Crippen LogP contribution in [0.3, 0.4) is 0 Å². The Balaban J connectivity index is 1.60. The summed E-state index contributed by atoms with van der Waals surface area (Å²) in [6.45, 7) is 2.41. The third kappa shape index (κ3) is 3.27. The third-order valence-corrected chi connectivity index (χ3v) is 6.84. The summed E-state index contributed by atoms with van der Waals surface area (Å²) in [5.74, 6) is -0.306. The Labute approximate surface area is 185 Å². The average Bonchev–Trinajstić information content (AvgIpc) is 3.16. The summed E-state index contributed by atoms with van der Waals surface area (Å²) in [5.41, 5.74) is 0.0101. The molecular formula is C21H21F2N6O2S-. The van der Waals surface area contributed by atoms with E-state index in [1.54, 1.807) is 11.2 Å². The highest BCUT2D eigenvalue weighted by Gasteiger charge is 2.46. The Morgan fingerprint density at radius 3 is 2.69 bits per heavy atom. The van der Waals surface area contributed by atoms with Crippen LogP contribution in [0.15, 0.2) is 40.5 Å². The number of fused-ring (bicyclic) bond motifs is 4. The lowest BCUT2D eigenvalue weighted by molar-refractivity contribution is 0.262. The van der Waals surface area contributed by atoms with Crippen LogP contribution in [0.25, 0.3) is 11.0 Å². The zero-order chi connectivity index (χ0) is 22.5. The summed E-state index contributed by atoms with van der Waals surface area (Å²) in [4.78, 5) is 8.52. The van der Waals surface area contributed by atoms with Crippen LogP contribution in [-0.2, 0) is 16.6 Å². The first-order valence-corrected chi connectivity index (χ1v) is 11.6. The Morgan fingerprint density at radius 2 is 2.00 bits per heavy atom. The van der Waals surface area contributed by atoms with Crippen LogP contribution < -0.4 is 10.3 Å². The first-order chi connectivity index (χ1) is 15.4. The Hall–Kier alpha value is -2.92. The molecule has 1 unspecified atom stereocenters. The molecule has 3 aromatic rings. The number of hydrogen-bond donors (Lipinski definition) is 1. The molecule has 1 aliphatic carbocycles. The summed E-state index contributed by atoms with van der Waals surface area (Å²) in [5, 5.41) is 9.53. The highest BCUT2D eigenvalue weighted by Crippen LogP contribution is 2.45. The van der Waals surface area contributed by atoms with Crippen LogP contribution in [0.4, 0.5) is 26.2 Å². The Kier molecular flexibility index (Phi) is 5.17. The van der Waals surface area contributed by atoms with Crippen LogP contribution in [0.1, 0.15) is 39.0 Å². The molecule has 2 aliphatic rings. The number of hydrogen-bond acceptors (Lipinski definition) is 7. The molecule has 0 bridgehead atoms. The van der Waals surface area contributed by atoms with Gasteiger partial charge in [0.2, 0.25) is 11.9 Å². The molecule has 32 heavy (non-hydrogen) atoms. The van der Waals surface area contributed by atoms with Gasteiger partial charge in [-0.2, -0.15) is 9.37 Å². The van der Waals surface area contributed by atoms with E-state index in [0.717, 1.165) is 36.5 Å². The number of benzene rings is 1. The molecule has 5 rings (SSSR count). The molecule has 1 atom stereocenters. The number of halogens is 2. The van der Waals surface area contributed by atoms with Gasteiger partial charge in [0.1, 0.15) is 22.8 Å². The topological polar surface area (TPSA) is 98.5 Å². The normalized spacial score (nSPS) is 18.5. The van der Waals surface area contributed by atoms with E-state index in [2.05, 4.69) is 20.4 Å². The molecule has 168 valence electrons. The molecule has 0 saturated heterocycles. The van der Waals surface area contributed by atoms with Crippen molar-refractivity contribution in [1.29, 1.82) is 0 Å². The maximum absolute atomic E-state index is 15.4. The molecule has 2 aromatic heterocycles. The summed E-state index contributed by atoms with van der Waals surface area (Å²) in [6, 6.07) is 5.58. The van der Waals surface area contributed by atoms with Crippen molar-refractivity contribution < 1.29 is 17.5 Å². The van der Waals surface area contributed by atoms with E-state index < -0.39 is 33.3 Å². The lowest BCUT2D eigenvalue weighted by Crippen LogP contribution is -2.47. The van der Waals surface area contributed by atoms with E-state index in [1.165, 1.54) is 12.1 Å². The predicted octanol–water partition coefficient (Wildman–Crippen LogP) is 4.33. The van der Waals surface area contributed by atoms with Gasteiger partial charge in [0, 0.05) is 23.8 Å². The van der Waals surface area contributed by atoms with Gasteiger partial charge in [0.25, 0.3) is 0 Å². The molecule has 1 fully saturated rings. The van der Waals surface area contributed by atoms with Gasteiger partial charge in [-0.25, -0.2) is 14.4 Å². The van der Waals surface area contributed by atoms with Gasteiger partial charge < -0.3 is 9.87 Å². The van der Waals surface area contributed by atoms with E-state index in [0.29, 0.717) is 30.7 Å². The van der Waals surface area contributed by atoms with Crippen LogP contribution >= 0.6 is 0 Å². The molecule has 0 radical (unpaired) electrons. The molecule has 0 amide bonds. The number of anilines is 3. The van der Waals surface area contributed by atoms with Crippen LogP contribution in [0.2, 0.25) is 0 Å². The van der Waals surface area contributed by atoms with E-state index in [4.69, 9.17) is 0 Å². The smallest absolute Gasteiger partial charge is 0.233 e. The Morgan fingerprint density at radius 1 is 1.22 bits per heavy atom. The molecule has 1 aromatic carbocycles. The average molecular weight is 460 g/mol. The molecule has 1 spiro atoms. The number of nitrogens with one attached hydrogen (secondary N) is 1. The van der Waals surface area contributed by atoms with Crippen LogP contribution in [0.5, 0.6) is 0 Å². The van der Waals surface area contributed by atoms with Crippen molar-refractivity contribution in [2.45, 2.75) is 49.5 Å². The molecule has 8 nitrogen and oxygen atoms in total. The van der Waals surface area contributed by atoms with Crippen molar-refractivity contribution in [2.24, 2.45) is 5.10 Å². The second kappa shape index (κ2) is 7.89. The zero-order valence-electron chi connectivity index (χ0n) is 17.3. The standard InChI is InChI=1S/C21H22F2N6O2S/c1-2-28-17-10-13-12-24-20(25-14-6-7-16(32(30)31)15(22)11-14)26-18(13)29(17)21(19(23)27-28)8-4-3-5-9-21/h6-7,10-12H,2-5,8-9H2,1H3,(H,30,31)(H,24,25,26)/p-1. The summed E-state index contributed by atoms with van der Waals surface area (Å²) < 4.78 is 53.4. The molecule has 1 N–H and O–H groups in total. The summed E-state index contributed by atoms with van der Waals surface area (Å²) >= 11 is -2.66. The van der Waals surface area contributed by atoms with E-state index in [9.17, 15) is 13.2 Å². The van der Waals surface area contributed by atoms with E-state index in [1.807, 2.05) is 17.6 Å². The number of nitrogens with zero attached hydrogens (tertiary/aromatic N) is 5. The first kappa shape index (κ1) is 21.0. The fourth-order valence-electron chi connectivity index (χ4n) is 4.63. The maximum Gasteiger partial charge on any atom is 0.233 e. The largest absolute Gasteiger partial charge is 0.768 e. The molecule has 11 heteroatoms. The van der Waals surface area contributed by atoms with Crippen molar-refractivity contribution >= 4 is 45.5 Å². The van der Waals surface area contributed by atoms with Gasteiger partial charge >= 0.3 is 0 Å². The first-order valence-electron chi connectivity index (χ1n) is 10.5. The van der Waals surface area contributed by atoms with Crippen LogP contribution in [0, 0.1) is 5.82 Å². The lowest BCUT2D eigenvalue weighted by atomic mass is 9.81. The molecule has 1 aliphatic heterocycles. The zero-order valence-corrected chi connectivity index (χ0v) is 18.2. The fourth-order valence-corrected chi connectivity index (χ4v) is 5.03. The monoisotopic (exact) mass is 459 g/mol. The quantitative estimate of drug-likeness (QED) is 0.583. The number of hydrazone groups is 1. The van der Waals surface area contributed by atoms with Gasteiger partial charge in [0.05, 0.1) is 4.90 Å². The van der Waals surface area contributed by atoms with Crippen molar-refractivity contribution in [3.8, 4) is 0 Å². The van der Waals surface area contributed by atoms with Crippen LogP contribution in [-0.4, -0.2) is 35.8 Å². The van der Waals surface area contributed by atoms with Gasteiger partial charge in [-0.15, -0.1) is 5.10 Å². The lowest BCUT2D eigenvalue weighted by Gasteiger charge is -2.42. The minimum Gasteiger partial charge on any atom is -0.768 e. The van der Waals surface area contributed by atoms with Crippen molar-refractivity contribution in [1.82, 2.24) is 14.5 Å². The van der Waals surface area contributed by atoms with E-state index >= 15 is 4.39 Å². The summed E-state index contributed by atoms with van der Waals surface area (Å²) in [7, 11) is 0. The van der Waals surface area contributed by atoms with E-state index in [-0.39, 0.29) is 5.95 Å². The predicted molar refractivity (Wildman–Crippen MR) is 117 cm³/mol. The highest BCUT2D eigenvalue weighted by molar-refractivity contribution is 7.79. The highest BCUT2D eigenvalue weighted by atomic mass is 32.2. The minimum absolute atomic E-state index is 0.200. The minimum atomic E-state index is -2.66. The van der Waals surface area contributed by atoms with Gasteiger partial charge in [-0.3, -0.25) is 8.78 Å². The molecule has 1 saturated carbocycles. The second-order valence-electron chi connectivity index (χ2n) is 8.01. The van der Waals surface area contributed by atoms with Gasteiger partial charge in [0.15, 0.2) is 0 Å². The number of rotatable bonds is 4. The van der Waals surface area contributed by atoms with Crippen molar-refractivity contribution in [2.75, 3.05) is 16.9 Å². The SMILES string of the molecule is CCN1N=C(F)C2(CCCCC2)n2c1cc1cnc(Nc3ccc(S(=O)[O-])c(F)c3)nc12. The molecular weight excluding hydrogens is 438 g/mol. The van der Waals surface area contributed by atoms with Gasteiger partial charge in [-0.1, -0.05) is 19.3 Å². The fraction of sp³-hybridized carbons (Fsp3) is 0.381. The van der Waals surface area contributed by atoms with Crippen molar-refractivity contribution in [3.05, 3.63) is 36.3 Å². The maximum atomic E-state index is 15.4. The number of aromatic nitrogens is 3. The molecule has 3 heterocycles. The van der Waals surface area contributed by atoms with Gasteiger partial charge in [-0.05, 0) is 55.1 Å². The Bertz CT molecular complexity index is 1250. The second-order valence-corrected chi connectivity index (χ2v) is 8.92. The van der Waals surface area contributed by atoms with Crippen molar-refractivity contribution in [3.63, 3.8) is 0 Å². The summed E-state index contributed by atoms with van der Waals surface area (Å²) in [6.07, 6.45) is 5.77. The third-order valence-electron chi connectivity index (χ3n) is 6.15.